The summed E-state index contributed by atoms with van der Waals surface area (Å²) in [6.07, 6.45) is 0.0645. The van der Waals surface area contributed by atoms with Crippen molar-refractivity contribution in [1.82, 2.24) is 25.0 Å². The molecule has 0 unspecified atom stereocenters. The third-order valence-corrected chi connectivity index (χ3v) is 4.82. The molecule has 0 bridgehead atoms. The van der Waals surface area contributed by atoms with Crippen molar-refractivity contribution in [2.75, 3.05) is 24.7 Å². The predicted octanol–water partition coefficient (Wildman–Crippen LogP) is 1.39. The number of hydrazine groups is 1. The highest BCUT2D eigenvalue weighted by molar-refractivity contribution is 5.79. The number of benzene rings is 1. The van der Waals surface area contributed by atoms with Crippen LogP contribution in [0.3, 0.4) is 0 Å². The van der Waals surface area contributed by atoms with Gasteiger partial charge in [-0.25, -0.2) is 14.9 Å². The van der Waals surface area contributed by atoms with Crippen molar-refractivity contribution in [3.05, 3.63) is 40.1 Å². The highest BCUT2D eigenvalue weighted by Gasteiger charge is 2.21. The number of aromatic nitrogens is 4. The van der Waals surface area contributed by atoms with Gasteiger partial charge in [0.2, 0.25) is 0 Å². The molecular formula is C21H30N6O4. The number of aliphatic hydroxyl groups excluding tert-OH is 1. The van der Waals surface area contributed by atoms with Crippen LogP contribution in [0.1, 0.15) is 38.7 Å². The van der Waals surface area contributed by atoms with E-state index in [9.17, 15) is 15.0 Å². The molecule has 3 rings (SSSR count). The number of rotatable bonds is 10. The van der Waals surface area contributed by atoms with Crippen LogP contribution in [0.5, 0.6) is 5.75 Å². The van der Waals surface area contributed by atoms with Gasteiger partial charge in [-0.3, -0.25) is 4.79 Å². The lowest BCUT2D eigenvalue weighted by molar-refractivity contribution is -0.0375. The van der Waals surface area contributed by atoms with Crippen LogP contribution < -0.4 is 20.7 Å². The number of imidazole rings is 1. The van der Waals surface area contributed by atoms with Crippen LogP contribution in [0, 0.1) is 6.92 Å². The Morgan fingerprint density at radius 1 is 1.29 bits per heavy atom. The third kappa shape index (κ3) is 4.71. The van der Waals surface area contributed by atoms with Crippen molar-refractivity contribution < 1.29 is 14.9 Å². The van der Waals surface area contributed by atoms with Crippen LogP contribution in [0.15, 0.2) is 23.0 Å². The van der Waals surface area contributed by atoms with Gasteiger partial charge in [-0.1, -0.05) is 13.0 Å². The lowest BCUT2D eigenvalue weighted by atomic mass is 10.1. The summed E-state index contributed by atoms with van der Waals surface area (Å²) in [5, 5.41) is 25.1. The number of ether oxygens (including phenoxy) is 1. The number of fused-ring (bicyclic) bond motifs is 1. The van der Waals surface area contributed by atoms with Crippen LogP contribution in [-0.2, 0) is 6.42 Å². The van der Waals surface area contributed by atoms with E-state index in [-0.39, 0.29) is 12.1 Å². The van der Waals surface area contributed by atoms with Crippen molar-refractivity contribution in [3.63, 3.8) is 0 Å². The Bertz CT molecular complexity index is 1090. The minimum Gasteiger partial charge on any atom is -0.492 e. The number of para-hydroxylation sites is 1. The van der Waals surface area contributed by atoms with E-state index in [0.717, 1.165) is 12.2 Å². The van der Waals surface area contributed by atoms with Gasteiger partial charge >= 0.3 is 0 Å². The number of hydrogen-bond acceptors (Lipinski definition) is 8. The number of aromatic amines is 1. The summed E-state index contributed by atoms with van der Waals surface area (Å²) >= 11 is 0. The Morgan fingerprint density at radius 2 is 2.06 bits per heavy atom. The molecule has 0 spiro atoms. The summed E-state index contributed by atoms with van der Waals surface area (Å²) in [6.45, 7) is 8.53. The van der Waals surface area contributed by atoms with Gasteiger partial charge in [-0.05, 0) is 39.3 Å². The Balaban J connectivity index is 2.22. The second-order valence-corrected chi connectivity index (χ2v) is 7.10. The van der Waals surface area contributed by atoms with E-state index in [4.69, 9.17) is 9.84 Å². The number of hydrogen-bond donors (Lipinski definition) is 4. The number of aliphatic hydroxyl groups is 2. The highest BCUT2D eigenvalue weighted by Crippen LogP contribution is 2.36. The zero-order chi connectivity index (χ0) is 22.5. The fraction of sp³-hybridized carbons (Fsp3) is 0.476. The van der Waals surface area contributed by atoms with Crippen LogP contribution in [-0.4, -0.2) is 55.8 Å². The average Bonchev–Trinajstić information content (AvgIpc) is 3.05. The maximum absolute atomic E-state index is 12.9. The first-order valence-corrected chi connectivity index (χ1v) is 10.5. The SMILES string of the molecule is CCCc1nc(C)c2c(=O)[nH]c(-c3cccc(OCC)c3N(CC)NCC(O)O)nn12. The summed E-state index contributed by atoms with van der Waals surface area (Å²) in [7, 11) is 0. The van der Waals surface area contributed by atoms with E-state index in [1.165, 1.54) is 0 Å². The summed E-state index contributed by atoms with van der Waals surface area (Å²) in [6, 6.07) is 5.49. The van der Waals surface area contributed by atoms with E-state index in [1.807, 2.05) is 32.0 Å². The molecule has 0 aliphatic carbocycles. The largest absolute Gasteiger partial charge is 0.492 e. The van der Waals surface area contributed by atoms with Gasteiger partial charge in [0.25, 0.3) is 5.56 Å². The summed E-state index contributed by atoms with van der Waals surface area (Å²) in [5.74, 6) is 1.69. The van der Waals surface area contributed by atoms with Gasteiger partial charge < -0.3 is 24.9 Å². The average molecular weight is 431 g/mol. The van der Waals surface area contributed by atoms with Crippen molar-refractivity contribution >= 4 is 11.2 Å². The molecule has 4 N–H and O–H groups in total. The number of aryl methyl sites for hydroxylation is 2. The molecule has 10 nitrogen and oxygen atoms in total. The van der Waals surface area contributed by atoms with Crippen molar-refractivity contribution in [1.29, 1.82) is 0 Å². The topological polar surface area (TPSA) is 128 Å². The molecule has 2 aromatic heterocycles. The third-order valence-electron chi connectivity index (χ3n) is 4.82. The van der Waals surface area contributed by atoms with Crippen molar-refractivity contribution in [2.45, 2.75) is 46.8 Å². The second kappa shape index (κ2) is 9.90. The molecule has 2 heterocycles. The monoisotopic (exact) mass is 430 g/mol. The molecular weight excluding hydrogens is 400 g/mol. The number of nitrogens with one attached hydrogen (secondary N) is 2. The molecule has 0 radical (unpaired) electrons. The summed E-state index contributed by atoms with van der Waals surface area (Å²) < 4.78 is 7.44. The summed E-state index contributed by atoms with van der Waals surface area (Å²) in [5.41, 5.74) is 5.08. The Hall–Kier alpha value is -2.95. The molecule has 0 aliphatic heterocycles. The number of anilines is 1. The molecule has 0 saturated heterocycles. The molecule has 168 valence electrons. The van der Waals surface area contributed by atoms with E-state index in [1.54, 1.807) is 16.4 Å². The molecule has 31 heavy (non-hydrogen) atoms. The van der Waals surface area contributed by atoms with Gasteiger partial charge in [0.05, 0.1) is 18.8 Å². The maximum Gasteiger partial charge on any atom is 0.277 e. The maximum atomic E-state index is 12.9. The highest BCUT2D eigenvalue weighted by atomic mass is 16.5. The molecule has 0 aliphatic rings. The Kier molecular flexibility index (Phi) is 7.26. The van der Waals surface area contributed by atoms with E-state index in [2.05, 4.69) is 22.3 Å². The number of nitrogens with zero attached hydrogens (tertiary/aromatic N) is 4. The first-order chi connectivity index (χ1) is 14.9. The first-order valence-electron chi connectivity index (χ1n) is 10.5. The summed E-state index contributed by atoms with van der Waals surface area (Å²) in [4.78, 5) is 20.3. The van der Waals surface area contributed by atoms with Gasteiger partial charge in [-0.2, -0.15) is 0 Å². The van der Waals surface area contributed by atoms with Gasteiger partial charge in [-0.15, -0.1) is 5.10 Å². The van der Waals surface area contributed by atoms with Crippen molar-refractivity contribution in [2.24, 2.45) is 0 Å². The van der Waals surface area contributed by atoms with Crippen LogP contribution in [0.2, 0.25) is 0 Å². The van der Waals surface area contributed by atoms with E-state index < -0.39 is 6.29 Å². The molecule has 10 heteroatoms. The van der Waals surface area contributed by atoms with Crippen LogP contribution >= 0.6 is 0 Å². The standard InChI is InChI=1S/C21H30N6O4/c1-5-9-16-23-13(4)18-21(30)24-20(25-27(16)18)14-10-8-11-15(31-7-3)19(14)26(6-2)22-12-17(28)29/h8,10-11,17,22,28-29H,5-7,9,12H2,1-4H3,(H,24,25,30). The van der Waals surface area contributed by atoms with Gasteiger partial charge in [0.15, 0.2) is 17.6 Å². The van der Waals surface area contributed by atoms with E-state index >= 15 is 0 Å². The smallest absolute Gasteiger partial charge is 0.277 e. The van der Waals surface area contributed by atoms with Crippen molar-refractivity contribution in [3.8, 4) is 17.1 Å². The van der Waals surface area contributed by atoms with Gasteiger partial charge in [0, 0.05) is 18.5 Å². The second-order valence-electron chi connectivity index (χ2n) is 7.10. The lowest BCUT2D eigenvalue weighted by Crippen LogP contribution is -2.43. The molecule has 0 amide bonds. The number of H-pyrrole nitrogens is 1. The zero-order valence-corrected chi connectivity index (χ0v) is 18.3. The zero-order valence-electron chi connectivity index (χ0n) is 18.3. The van der Waals surface area contributed by atoms with E-state index in [0.29, 0.717) is 53.6 Å². The molecule has 0 atom stereocenters. The minimum atomic E-state index is -1.52. The molecule has 1 aromatic carbocycles. The molecule has 0 fully saturated rings. The van der Waals surface area contributed by atoms with Gasteiger partial charge in [0.1, 0.15) is 17.3 Å². The fourth-order valence-electron chi connectivity index (χ4n) is 3.55. The molecule has 3 aromatic rings. The minimum absolute atomic E-state index is 0.0713. The quantitative estimate of drug-likeness (QED) is 0.281. The lowest BCUT2D eigenvalue weighted by Gasteiger charge is -2.28. The Morgan fingerprint density at radius 3 is 2.71 bits per heavy atom. The predicted molar refractivity (Wildman–Crippen MR) is 118 cm³/mol. The molecule has 0 saturated carbocycles. The van der Waals surface area contributed by atoms with Crippen LogP contribution in [0.25, 0.3) is 16.9 Å². The van der Waals surface area contributed by atoms with Crippen LogP contribution in [0.4, 0.5) is 5.69 Å². The normalized spacial score (nSPS) is 11.5. The Labute approximate surface area is 180 Å². The fourth-order valence-corrected chi connectivity index (χ4v) is 3.55. The first kappa shape index (κ1) is 22.7.